The first-order valence-electron chi connectivity index (χ1n) is 40.8. The summed E-state index contributed by atoms with van der Waals surface area (Å²) in [5, 5.41) is 10.6. The minimum Gasteiger partial charge on any atom is -0.462 e. The standard InChI is InChI=1S/C79H154O17P2/c1-9-70(6)56-48-40-32-24-19-21-26-35-43-51-59-76(81)89-65-74(95-78(83)61-53-45-37-27-18-16-14-12-13-15-17-23-31-39-47-55-69(4)5)67-93-97(85,86)91-63-73(80)64-92-98(87,88)94-68-75(66-90-77(82)60-52-44-36-30-29-34-42-50-58-72(8)11-3)96-79(84)62-54-46-38-28-22-20-25-33-41-49-57-71(7)10-2/h69-75,80H,9-68H2,1-8H3,(H,85,86)(H,87,88)/t70?,71?,72?,73-,74-,75-/m1/s1. The average molecular weight is 1440 g/mol. The number of phosphoric acid groups is 2. The first-order chi connectivity index (χ1) is 47.2. The minimum atomic E-state index is -4.96. The molecule has 0 aliphatic carbocycles. The van der Waals surface area contributed by atoms with Gasteiger partial charge in [-0.2, -0.15) is 0 Å². The first-order valence-corrected chi connectivity index (χ1v) is 43.8. The van der Waals surface area contributed by atoms with E-state index in [2.05, 4.69) is 55.4 Å². The van der Waals surface area contributed by atoms with Crippen molar-refractivity contribution in [2.24, 2.45) is 23.7 Å². The van der Waals surface area contributed by atoms with Gasteiger partial charge < -0.3 is 33.8 Å². The summed E-state index contributed by atoms with van der Waals surface area (Å²) in [5.74, 6) is 1.08. The van der Waals surface area contributed by atoms with Crippen LogP contribution in [0.25, 0.3) is 0 Å². The molecule has 582 valence electrons. The highest BCUT2D eigenvalue weighted by atomic mass is 31.2. The highest BCUT2D eigenvalue weighted by Crippen LogP contribution is 2.45. The van der Waals surface area contributed by atoms with Crippen LogP contribution in [0.15, 0.2) is 0 Å². The number of hydrogen-bond donors (Lipinski definition) is 3. The largest absolute Gasteiger partial charge is 0.472 e. The molecule has 0 aromatic heterocycles. The van der Waals surface area contributed by atoms with Gasteiger partial charge in [-0.25, -0.2) is 9.13 Å². The number of carbonyl (C=O) groups excluding carboxylic acids is 4. The van der Waals surface area contributed by atoms with Gasteiger partial charge in [0.15, 0.2) is 12.2 Å². The van der Waals surface area contributed by atoms with E-state index in [4.69, 9.17) is 37.0 Å². The molecule has 0 radical (unpaired) electrons. The number of rotatable bonds is 76. The number of hydrogen-bond acceptors (Lipinski definition) is 15. The maximum absolute atomic E-state index is 13.1. The lowest BCUT2D eigenvalue weighted by Crippen LogP contribution is -2.30. The Morgan fingerprint density at radius 2 is 0.490 bits per heavy atom. The van der Waals surface area contributed by atoms with E-state index >= 15 is 0 Å². The van der Waals surface area contributed by atoms with Gasteiger partial charge in [-0.05, 0) is 49.4 Å². The predicted octanol–water partition coefficient (Wildman–Crippen LogP) is 23.2. The Bertz CT molecular complexity index is 1930. The van der Waals surface area contributed by atoms with E-state index in [1.165, 1.54) is 205 Å². The third-order valence-electron chi connectivity index (χ3n) is 19.4. The molecule has 0 saturated heterocycles. The van der Waals surface area contributed by atoms with Crippen molar-refractivity contribution >= 4 is 39.5 Å². The lowest BCUT2D eigenvalue weighted by Gasteiger charge is -2.21. The number of unbranched alkanes of at least 4 members (excludes halogenated alkanes) is 39. The van der Waals surface area contributed by atoms with Crippen molar-refractivity contribution in [3.8, 4) is 0 Å². The van der Waals surface area contributed by atoms with Crippen molar-refractivity contribution in [1.82, 2.24) is 0 Å². The smallest absolute Gasteiger partial charge is 0.462 e. The van der Waals surface area contributed by atoms with Gasteiger partial charge in [0.05, 0.1) is 26.4 Å². The Hall–Kier alpha value is -1.94. The molecule has 0 amide bonds. The Balaban J connectivity index is 5.28. The van der Waals surface area contributed by atoms with E-state index in [1.54, 1.807) is 0 Å². The van der Waals surface area contributed by atoms with Crippen LogP contribution in [-0.4, -0.2) is 96.7 Å². The van der Waals surface area contributed by atoms with E-state index in [9.17, 15) is 43.2 Å². The maximum Gasteiger partial charge on any atom is 0.472 e. The molecule has 98 heavy (non-hydrogen) atoms. The van der Waals surface area contributed by atoms with E-state index in [0.29, 0.717) is 25.7 Å². The zero-order valence-electron chi connectivity index (χ0n) is 64.4. The lowest BCUT2D eigenvalue weighted by atomic mass is 9.99. The Labute approximate surface area is 600 Å². The molecule has 0 saturated carbocycles. The topological polar surface area (TPSA) is 237 Å². The number of esters is 4. The fourth-order valence-electron chi connectivity index (χ4n) is 12.0. The van der Waals surface area contributed by atoms with Gasteiger partial charge in [0.25, 0.3) is 0 Å². The van der Waals surface area contributed by atoms with Crippen LogP contribution >= 0.6 is 15.6 Å². The molecule has 0 heterocycles. The van der Waals surface area contributed by atoms with E-state index in [1.807, 2.05) is 0 Å². The van der Waals surface area contributed by atoms with Gasteiger partial charge in [0.2, 0.25) is 0 Å². The van der Waals surface area contributed by atoms with Crippen molar-refractivity contribution in [1.29, 1.82) is 0 Å². The van der Waals surface area contributed by atoms with Crippen LogP contribution in [0.3, 0.4) is 0 Å². The van der Waals surface area contributed by atoms with E-state index in [-0.39, 0.29) is 25.7 Å². The summed E-state index contributed by atoms with van der Waals surface area (Å²) >= 11 is 0. The summed E-state index contributed by atoms with van der Waals surface area (Å²) in [5.41, 5.74) is 0. The zero-order valence-corrected chi connectivity index (χ0v) is 66.2. The third kappa shape index (κ3) is 68.5. The van der Waals surface area contributed by atoms with Gasteiger partial charge >= 0.3 is 39.5 Å². The number of carbonyl (C=O) groups is 4. The van der Waals surface area contributed by atoms with Crippen LogP contribution in [-0.2, 0) is 65.4 Å². The first kappa shape index (κ1) is 96.1. The number of ether oxygens (including phenoxy) is 4. The molecule has 8 atom stereocenters. The van der Waals surface area contributed by atoms with E-state index in [0.717, 1.165) is 114 Å². The normalized spacial score (nSPS) is 14.9. The quantitative estimate of drug-likeness (QED) is 0.0222. The zero-order chi connectivity index (χ0) is 72.4. The molecule has 0 aliphatic heterocycles. The predicted molar refractivity (Wildman–Crippen MR) is 400 cm³/mol. The van der Waals surface area contributed by atoms with Crippen LogP contribution in [0, 0.1) is 23.7 Å². The second-order valence-corrected chi connectivity index (χ2v) is 32.6. The highest BCUT2D eigenvalue weighted by molar-refractivity contribution is 7.47. The monoisotopic (exact) mass is 1440 g/mol. The maximum atomic E-state index is 13.1. The summed E-state index contributed by atoms with van der Waals surface area (Å²) < 4.78 is 68.7. The van der Waals surface area contributed by atoms with Gasteiger partial charge in [-0.15, -0.1) is 0 Å². The summed E-state index contributed by atoms with van der Waals surface area (Å²) in [6, 6.07) is 0. The number of aliphatic hydroxyl groups is 1. The van der Waals surface area contributed by atoms with Crippen molar-refractivity contribution in [2.75, 3.05) is 39.6 Å². The van der Waals surface area contributed by atoms with Crippen molar-refractivity contribution in [3.63, 3.8) is 0 Å². The molecular formula is C79H154O17P2. The molecule has 0 aliphatic rings. The Kier molecular flexibility index (Phi) is 66.8. The van der Waals surface area contributed by atoms with E-state index < -0.39 is 97.5 Å². The van der Waals surface area contributed by atoms with Crippen LogP contribution in [0.1, 0.15) is 402 Å². The summed E-state index contributed by atoms with van der Waals surface area (Å²) in [4.78, 5) is 73.0. The lowest BCUT2D eigenvalue weighted by molar-refractivity contribution is -0.161. The molecule has 0 aromatic carbocycles. The molecule has 19 heteroatoms. The van der Waals surface area contributed by atoms with Gasteiger partial charge in [0, 0.05) is 25.7 Å². The van der Waals surface area contributed by atoms with Crippen molar-refractivity contribution < 1.29 is 80.2 Å². The van der Waals surface area contributed by atoms with Gasteiger partial charge in [-0.3, -0.25) is 37.3 Å². The van der Waals surface area contributed by atoms with Crippen LogP contribution in [0.4, 0.5) is 0 Å². The van der Waals surface area contributed by atoms with Crippen molar-refractivity contribution in [2.45, 2.75) is 420 Å². The molecular weight excluding hydrogens is 1280 g/mol. The van der Waals surface area contributed by atoms with Crippen LogP contribution in [0.2, 0.25) is 0 Å². The molecule has 3 N–H and O–H groups in total. The van der Waals surface area contributed by atoms with Crippen molar-refractivity contribution in [3.05, 3.63) is 0 Å². The Morgan fingerprint density at radius 3 is 0.724 bits per heavy atom. The highest BCUT2D eigenvalue weighted by Gasteiger charge is 2.30. The molecule has 0 spiro atoms. The fourth-order valence-corrected chi connectivity index (χ4v) is 13.6. The third-order valence-corrected chi connectivity index (χ3v) is 21.3. The molecule has 5 unspecified atom stereocenters. The fraction of sp³-hybridized carbons (Fsp3) is 0.949. The second-order valence-electron chi connectivity index (χ2n) is 29.7. The molecule has 0 bridgehead atoms. The van der Waals surface area contributed by atoms with Gasteiger partial charge in [0.1, 0.15) is 19.3 Å². The summed E-state index contributed by atoms with van der Waals surface area (Å²) in [6.07, 6.45) is 53.8. The van der Waals surface area contributed by atoms with Gasteiger partial charge in [-0.1, -0.05) is 351 Å². The Morgan fingerprint density at radius 1 is 0.286 bits per heavy atom. The number of aliphatic hydroxyl groups excluding tert-OH is 1. The molecule has 0 aromatic rings. The average Bonchev–Trinajstić information content (AvgIpc) is 0.972. The molecule has 0 fully saturated rings. The minimum absolute atomic E-state index is 0.105. The summed E-state index contributed by atoms with van der Waals surface area (Å²) in [6.45, 7) is 14.3. The van der Waals surface area contributed by atoms with Crippen LogP contribution in [0.5, 0.6) is 0 Å². The van der Waals surface area contributed by atoms with Crippen LogP contribution < -0.4 is 0 Å². The SMILES string of the molecule is CCC(C)CCCCCCCCCCCCC(=O)OC[C@H](COP(=O)(O)OC[C@@H](O)COP(=O)(O)OC[C@@H](COC(=O)CCCCCCCCCCC(C)CC)OC(=O)CCCCCCCCCCCCC(C)CC)OC(=O)CCCCCCCCCCCCCCCCCC(C)C. The summed E-state index contributed by atoms with van der Waals surface area (Å²) in [7, 11) is -9.92. The molecule has 0 rings (SSSR count). The molecule has 17 nitrogen and oxygen atoms in total. The second kappa shape index (κ2) is 68.2. The number of phosphoric ester groups is 2.